The van der Waals surface area contributed by atoms with E-state index in [0.29, 0.717) is 6.54 Å². The molecule has 0 spiro atoms. The first kappa shape index (κ1) is 13.4. The highest BCUT2D eigenvalue weighted by Gasteiger charge is 2.30. The van der Waals surface area contributed by atoms with Gasteiger partial charge < -0.3 is 10.6 Å². The first-order valence-electron chi connectivity index (χ1n) is 7.55. The number of piperidine rings is 1. The first-order chi connectivity index (χ1) is 9.65. The van der Waals surface area contributed by atoms with Crippen LogP contribution in [-0.2, 0) is 6.42 Å². The number of nitrogens with two attached hydrogens (primary N) is 1. The number of rotatable bonds is 0. The van der Waals surface area contributed by atoms with Gasteiger partial charge in [0.15, 0.2) is 0 Å². The Balaban J connectivity index is 1.81. The third-order valence-corrected chi connectivity index (χ3v) is 4.47. The fourth-order valence-electron chi connectivity index (χ4n) is 3.18. The van der Waals surface area contributed by atoms with E-state index < -0.39 is 0 Å². The van der Waals surface area contributed by atoms with E-state index in [4.69, 9.17) is 5.73 Å². The van der Waals surface area contributed by atoms with Crippen LogP contribution in [-0.4, -0.2) is 36.6 Å². The monoisotopic (exact) mass is 273 g/mol. The van der Waals surface area contributed by atoms with Crippen LogP contribution in [0.2, 0.25) is 0 Å². The van der Waals surface area contributed by atoms with Crippen LogP contribution in [0.15, 0.2) is 24.3 Å². The Labute approximate surface area is 120 Å². The molecule has 2 amide bonds. The zero-order valence-electron chi connectivity index (χ0n) is 12.1. The molecule has 1 aromatic carbocycles. The highest BCUT2D eigenvalue weighted by atomic mass is 16.2. The van der Waals surface area contributed by atoms with Crippen molar-refractivity contribution >= 4 is 11.7 Å². The summed E-state index contributed by atoms with van der Waals surface area (Å²) in [6.45, 7) is 4.62. The molecule has 0 radical (unpaired) electrons. The summed E-state index contributed by atoms with van der Waals surface area (Å²) in [5, 5.41) is 0. The van der Waals surface area contributed by atoms with Crippen LogP contribution in [0.5, 0.6) is 0 Å². The van der Waals surface area contributed by atoms with Crippen LogP contribution in [0, 0.1) is 5.92 Å². The molecule has 0 aromatic heterocycles. The van der Waals surface area contributed by atoms with E-state index in [9.17, 15) is 4.79 Å². The summed E-state index contributed by atoms with van der Waals surface area (Å²) in [7, 11) is 0. The third-order valence-electron chi connectivity index (χ3n) is 4.47. The number of fused-ring (bicyclic) bond motifs is 1. The Bertz CT molecular complexity index is 494. The molecule has 1 aromatic rings. The van der Waals surface area contributed by atoms with Crippen molar-refractivity contribution in [3.8, 4) is 0 Å². The molecular formula is C16H23N3O. The van der Waals surface area contributed by atoms with Gasteiger partial charge in [0.25, 0.3) is 0 Å². The number of likely N-dealkylation sites (tertiary alicyclic amines) is 1. The topological polar surface area (TPSA) is 49.6 Å². The van der Waals surface area contributed by atoms with Crippen LogP contribution in [0.25, 0.3) is 0 Å². The van der Waals surface area contributed by atoms with Gasteiger partial charge >= 0.3 is 6.03 Å². The van der Waals surface area contributed by atoms with Crippen molar-refractivity contribution in [2.24, 2.45) is 11.7 Å². The average molecular weight is 273 g/mol. The molecule has 0 aliphatic carbocycles. The van der Waals surface area contributed by atoms with Gasteiger partial charge in [-0.25, -0.2) is 4.79 Å². The molecule has 0 saturated carbocycles. The number of urea groups is 1. The molecule has 1 atom stereocenters. The predicted molar refractivity (Wildman–Crippen MR) is 80.8 cm³/mol. The number of benzene rings is 1. The van der Waals surface area contributed by atoms with Crippen molar-refractivity contribution in [2.45, 2.75) is 32.2 Å². The molecule has 1 saturated heterocycles. The molecule has 2 N–H and O–H groups in total. The normalized spacial score (nSPS) is 23.6. The maximum absolute atomic E-state index is 12.8. The summed E-state index contributed by atoms with van der Waals surface area (Å²) in [5.41, 5.74) is 8.34. The van der Waals surface area contributed by atoms with Gasteiger partial charge in [0.2, 0.25) is 0 Å². The Kier molecular flexibility index (Phi) is 3.66. The summed E-state index contributed by atoms with van der Waals surface area (Å²) >= 11 is 0. The van der Waals surface area contributed by atoms with Gasteiger partial charge in [0.05, 0.1) is 0 Å². The van der Waals surface area contributed by atoms with E-state index in [1.165, 1.54) is 5.56 Å². The number of carbonyl (C=O) groups is 1. The Hall–Kier alpha value is -1.55. The van der Waals surface area contributed by atoms with Gasteiger partial charge in [0.1, 0.15) is 0 Å². The average Bonchev–Trinajstić information content (AvgIpc) is 2.46. The minimum Gasteiger partial charge on any atom is -0.326 e. The number of hydrogen-bond donors (Lipinski definition) is 1. The SMILES string of the molecule is CC1CCN(C(=O)N2CC(N)Cc3ccccc32)CC1. The van der Waals surface area contributed by atoms with Gasteiger partial charge in [-0.1, -0.05) is 25.1 Å². The molecule has 2 heterocycles. The summed E-state index contributed by atoms with van der Waals surface area (Å²) in [6.07, 6.45) is 3.07. The molecule has 1 unspecified atom stereocenters. The fraction of sp³-hybridized carbons (Fsp3) is 0.562. The van der Waals surface area contributed by atoms with Crippen molar-refractivity contribution in [1.82, 2.24) is 4.90 Å². The smallest absolute Gasteiger partial charge is 0.324 e. The lowest BCUT2D eigenvalue weighted by Gasteiger charge is -2.38. The zero-order valence-corrected chi connectivity index (χ0v) is 12.1. The predicted octanol–water partition coefficient (Wildman–Crippen LogP) is 2.23. The molecule has 2 aliphatic heterocycles. The van der Waals surface area contributed by atoms with E-state index in [-0.39, 0.29) is 12.1 Å². The van der Waals surface area contributed by atoms with Gasteiger partial charge in [-0.05, 0) is 36.8 Å². The highest BCUT2D eigenvalue weighted by molar-refractivity contribution is 5.93. The summed E-state index contributed by atoms with van der Waals surface area (Å²) in [5.74, 6) is 0.731. The number of anilines is 1. The second-order valence-electron chi connectivity index (χ2n) is 6.16. The minimum atomic E-state index is 0.0394. The van der Waals surface area contributed by atoms with Crippen molar-refractivity contribution in [2.75, 3.05) is 24.5 Å². The second kappa shape index (κ2) is 5.44. The lowest BCUT2D eigenvalue weighted by molar-refractivity contribution is 0.179. The summed E-state index contributed by atoms with van der Waals surface area (Å²) < 4.78 is 0. The van der Waals surface area contributed by atoms with Crippen LogP contribution in [0.4, 0.5) is 10.5 Å². The lowest BCUT2D eigenvalue weighted by Crippen LogP contribution is -2.52. The number of carbonyl (C=O) groups excluding carboxylic acids is 1. The molecule has 2 aliphatic rings. The molecule has 108 valence electrons. The Morgan fingerprint density at radius 1 is 1.25 bits per heavy atom. The van der Waals surface area contributed by atoms with Crippen LogP contribution < -0.4 is 10.6 Å². The summed E-state index contributed by atoms with van der Waals surface area (Å²) in [6, 6.07) is 8.28. The highest BCUT2D eigenvalue weighted by Crippen LogP contribution is 2.28. The molecule has 4 nitrogen and oxygen atoms in total. The van der Waals surface area contributed by atoms with Crippen molar-refractivity contribution in [1.29, 1.82) is 0 Å². The molecule has 0 bridgehead atoms. The van der Waals surface area contributed by atoms with Crippen molar-refractivity contribution in [3.63, 3.8) is 0 Å². The number of amides is 2. The molecule has 3 rings (SSSR count). The fourth-order valence-corrected chi connectivity index (χ4v) is 3.18. The molecular weight excluding hydrogens is 250 g/mol. The first-order valence-corrected chi connectivity index (χ1v) is 7.55. The van der Waals surface area contributed by atoms with Crippen LogP contribution >= 0.6 is 0 Å². The van der Waals surface area contributed by atoms with E-state index in [1.807, 2.05) is 28.0 Å². The molecule has 1 fully saturated rings. The number of para-hydroxylation sites is 1. The van der Waals surface area contributed by atoms with Crippen LogP contribution in [0.3, 0.4) is 0 Å². The molecule has 20 heavy (non-hydrogen) atoms. The van der Waals surface area contributed by atoms with Gasteiger partial charge in [0, 0.05) is 31.4 Å². The Morgan fingerprint density at radius 3 is 2.70 bits per heavy atom. The van der Waals surface area contributed by atoms with E-state index in [1.54, 1.807) is 0 Å². The number of hydrogen-bond acceptors (Lipinski definition) is 2. The lowest BCUT2D eigenvalue weighted by atomic mass is 9.97. The quantitative estimate of drug-likeness (QED) is 0.788. The van der Waals surface area contributed by atoms with E-state index in [2.05, 4.69) is 13.0 Å². The minimum absolute atomic E-state index is 0.0394. The van der Waals surface area contributed by atoms with Gasteiger partial charge in [-0.2, -0.15) is 0 Å². The maximum Gasteiger partial charge on any atom is 0.324 e. The zero-order chi connectivity index (χ0) is 14.1. The maximum atomic E-state index is 12.8. The van der Waals surface area contributed by atoms with Crippen molar-refractivity contribution in [3.05, 3.63) is 29.8 Å². The van der Waals surface area contributed by atoms with Gasteiger partial charge in [-0.3, -0.25) is 4.90 Å². The van der Waals surface area contributed by atoms with Crippen LogP contribution in [0.1, 0.15) is 25.3 Å². The standard InChI is InChI=1S/C16H23N3O/c1-12-6-8-18(9-7-12)16(20)19-11-14(17)10-13-4-2-3-5-15(13)19/h2-5,12,14H,6-11,17H2,1H3. The second-order valence-corrected chi connectivity index (χ2v) is 6.16. The Morgan fingerprint density at radius 2 is 1.95 bits per heavy atom. The van der Waals surface area contributed by atoms with E-state index >= 15 is 0 Å². The number of nitrogens with zero attached hydrogens (tertiary/aromatic N) is 2. The third kappa shape index (κ3) is 2.52. The summed E-state index contributed by atoms with van der Waals surface area (Å²) in [4.78, 5) is 16.6. The molecule has 4 heteroatoms. The van der Waals surface area contributed by atoms with Crippen molar-refractivity contribution < 1.29 is 4.79 Å². The van der Waals surface area contributed by atoms with E-state index in [0.717, 1.165) is 44.0 Å². The largest absolute Gasteiger partial charge is 0.326 e. The van der Waals surface area contributed by atoms with Gasteiger partial charge in [-0.15, -0.1) is 0 Å².